The van der Waals surface area contributed by atoms with E-state index in [1.54, 1.807) is 0 Å². The molecule has 0 aliphatic heterocycles. The third kappa shape index (κ3) is 7.29. The first-order chi connectivity index (χ1) is 25.3. The highest BCUT2D eigenvalue weighted by molar-refractivity contribution is 5.88. The predicted molar refractivity (Wildman–Crippen MR) is 217 cm³/mol. The maximum absolute atomic E-state index is 3.59. The van der Waals surface area contributed by atoms with Gasteiger partial charge in [-0.25, -0.2) is 0 Å². The summed E-state index contributed by atoms with van der Waals surface area (Å²) >= 11 is 0. The Hall–Kier alpha value is -6.84. The molecule has 8 aromatic rings. The standard InChI is InChI=1S/C48H37N3/c1-5-13-40(14-6-1)49-42-29-25-38(26-30-42)47-34-31-43(50-41-15-7-2-8-16-41)35-48(47)39-23-21-36(22-24-39)37-27-32-46(33-28-37)51(44-17-9-3-10-18-44)45-19-11-4-12-20-45/h1-35,49-50H. The minimum Gasteiger partial charge on any atom is -0.356 e. The van der Waals surface area contributed by atoms with Gasteiger partial charge in [-0.05, 0) is 118 Å². The number of para-hydroxylation sites is 4. The zero-order valence-electron chi connectivity index (χ0n) is 28.2. The van der Waals surface area contributed by atoms with Crippen molar-refractivity contribution in [1.82, 2.24) is 0 Å². The fourth-order valence-corrected chi connectivity index (χ4v) is 6.47. The zero-order chi connectivity index (χ0) is 34.2. The van der Waals surface area contributed by atoms with Crippen LogP contribution in [0.15, 0.2) is 212 Å². The second-order valence-electron chi connectivity index (χ2n) is 12.5. The normalized spacial score (nSPS) is 10.7. The summed E-state index contributed by atoms with van der Waals surface area (Å²) in [4.78, 5) is 2.29. The van der Waals surface area contributed by atoms with Crippen LogP contribution >= 0.6 is 0 Å². The molecule has 0 atom stereocenters. The van der Waals surface area contributed by atoms with Gasteiger partial charge in [0.15, 0.2) is 0 Å². The van der Waals surface area contributed by atoms with E-state index in [-0.39, 0.29) is 0 Å². The smallest absolute Gasteiger partial charge is 0.0462 e. The lowest BCUT2D eigenvalue weighted by molar-refractivity contribution is 1.28. The molecule has 0 aliphatic carbocycles. The summed E-state index contributed by atoms with van der Waals surface area (Å²) in [5.74, 6) is 0. The van der Waals surface area contributed by atoms with E-state index >= 15 is 0 Å². The van der Waals surface area contributed by atoms with Crippen LogP contribution in [-0.2, 0) is 0 Å². The SMILES string of the molecule is c1ccc(Nc2ccc(-c3ccc(Nc4ccccc4)cc3-c3ccc(-c4ccc(N(c5ccccc5)c5ccccc5)cc4)cc3)cc2)cc1. The van der Waals surface area contributed by atoms with Crippen LogP contribution in [0.25, 0.3) is 33.4 Å². The maximum atomic E-state index is 3.59. The molecule has 3 heteroatoms. The highest BCUT2D eigenvalue weighted by Crippen LogP contribution is 2.38. The number of anilines is 7. The first kappa shape index (κ1) is 31.4. The second-order valence-corrected chi connectivity index (χ2v) is 12.5. The number of nitrogens with one attached hydrogen (secondary N) is 2. The van der Waals surface area contributed by atoms with Gasteiger partial charge in [-0.15, -0.1) is 0 Å². The Bertz CT molecular complexity index is 2260. The Kier molecular flexibility index (Phi) is 9.08. The molecule has 0 amide bonds. The largest absolute Gasteiger partial charge is 0.356 e. The summed E-state index contributed by atoms with van der Waals surface area (Å²) in [5, 5.41) is 7.09. The van der Waals surface area contributed by atoms with Gasteiger partial charge in [-0.1, -0.05) is 127 Å². The average Bonchev–Trinajstić information content (AvgIpc) is 3.20. The third-order valence-corrected chi connectivity index (χ3v) is 9.02. The molecule has 0 saturated heterocycles. The molecular formula is C48H37N3. The molecule has 8 aromatic carbocycles. The molecule has 0 bridgehead atoms. The minimum atomic E-state index is 1.04. The molecule has 8 rings (SSSR count). The first-order valence-electron chi connectivity index (χ1n) is 17.3. The van der Waals surface area contributed by atoms with Crippen molar-refractivity contribution in [2.75, 3.05) is 15.5 Å². The summed E-state index contributed by atoms with van der Waals surface area (Å²) in [6.07, 6.45) is 0. The molecule has 0 fully saturated rings. The molecule has 0 unspecified atom stereocenters. The van der Waals surface area contributed by atoms with Crippen molar-refractivity contribution in [3.8, 4) is 33.4 Å². The van der Waals surface area contributed by atoms with Crippen LogP contribution in [0.2, 0.25) is 0 Å². The van der Waals surface area contributed by atoms with Gasteiger partial charge in [0, 0.05) is 39.8 Å². The molecule has 0 spiro atoms. The van der Waals surface area contributed by atoms with E-state index in [1.165, 1.54) is 22.3 Å². The Labute approximate surface area is 300 Å². The fraction of sp³-hybridized carbons (Fsp3) is 0. The van der Waals surface area contributed by atoms with Gasteiger partial charge >= 0.3 is 0 Å². The van der Waals surface area contributed by atoms with E-state index in [0.29, 0.717) is 0 Å². The number of rotatable bonds is 10. The van der Waals surface area contributed by atoms with Crippen molar-refractivity contribution in [1.29, 1.82) is 0 Å². The number of hydrogen-bond acceptors (Lipinski definition) is 3. The van der Waals surface area contributed by atoms with Crippen molar-refractivity contribution < 1.29 is 0 Å². The van der Waals surface area contributed by atoms with Crippen molar-refractivity contribution in [2.45, 2.75) is 0 Å². The van der Waals surface area contributed by atoms with Gasteiger partial charge in [0.2, 0.25) is 0 Å². The van der Waals surface area contributed by atoms with Crippen molar-refractivity contribution in [3.63, 3.8) is 0 Å². The van der Waals surface area contributed by atoms with Gasteiger partial charge in [-0.3, -0.25) is 0 Å². The summed E-state index contributed by atoms with van der Waals surface area (Å²) in [6.45, 7) is 0. The monoisotopic (exact) mass is 655 g/mol. The highest BCUT2D eigenvalue weighted by Gasteiger charge is 2.13. The van der Waals surface area contributed by atoms with Crippen molar-refractivity contribution in [3.05, 3.63) is 212 Å². The first-order valence-corrected chi connectivity index (χ1v) is 17.3. The van der Waals surface area contributed by atoms with E-state index < -0.39 is 0 Å². The van der Waals surface area contributed by atoms with E-state index in [2.05, 4.69) is 204 Å². The highest BCUT2D eigenvalue weighted by atomic mass is 15.1. The lowest BCUT2D eigenvalue weighted by Crippen LogP contribution is -2.09. The third-order valence-electron chi connectivity index (χ3n) is 9.02. The van der Waals surface area contributed by atoms with E-state index in [0.717, 1.165) is 50.9 Å². The summed E-state index contributed by atoms with van der Waals surface area (Å²) in [6, 6.07) is 74.7. The molecule has 51 heavy (non-hydrogen) atoms. The molecule has 0 radical (unpaired) electrons. The Morgan fingerprint density at radius 2 is 0.608 bits per heavy atom. The molecular weight excluding hydrogens is 619 g/mol. The minimum absolute atomic E-state index is 1.04. The molecule has 0 aliphatic rings. The number of benzene rings is 8. The van der Waals surface area contributed by atoms with Crippen LogP contribution in [0.5, 0.6) is 0 Å². The van der Waals surface area contributed by atoms with E-state index in [1.807, 2.05) is 24.3 Å². The van der Waals surface area contributed by atoms with Gasteiger partial charge in [0.1, 0.15) is 0 Å². The number of hydrogen-bond donors (Lipinski definition) is 2. The molecule has 0 saturated carbocycles. The second kappa shape index (κ2) is 14.7. The molecule has 2 N–H and O–H groups in total. The maximum Gasteiger partial charge on any atom is 0.0462 e. The molecule has 244 valence electrons. The van der Waals surface area contributed by atoms with Crippen LogP contribution in [0.3, 0.4) is 0 Å². The quantitative estimate of drug-likeness (QED) is 0.154. The van der Waals surface area contributed by atoms with Crippen LogP contribution in [0.4, 0.5) is 39.8 Å². The van der Waals surface area contributed by atoms with Gasteiger partial charge in [-0.2, -0.15) is 0 Å². The van der Waals surface area contributed by atoms with E-state index in [4.69, 9.17) is 0 Å². The fourth-order valence-electron chi connectivity index (χ4n) is 6.47. The zero-order valence-corrected chi connectivity index (χ0v) is 28.2. The van der Waals surface area contributed by atoms with Gasteiger partial charge in [0.05, 0.1) is 0 Å². The Balaban J connectivity index is 1.10. The van der Waals surface area contributed by atoms with Crippen LogP contribution in [-0.4, -0.2) is 0 Å². The summed E-state index contributed by atoms with van der Waals surface area (Å²) < 4.78 is 0. The van der Waals surface area contributed by atoms with Gasteiger partial charge in [0.25, 0.3) is 0 Å². The predicted octanol–water partition coefficient (Wildman–Crippen LogP) is 13.6. The van der Waals surface area contributed by atoms with Crippen LogP contribution < -0.4 is 15.5 Å². The lowest BCUT2D eigenvalue weighted by Gasteiger charge is -2.25. The summed E-state index contributed by atoms with van der Waals surface area (Å²) in [7, 11) is 0. The Morgan fingerprint density at radius 3 is 1.14 bits per heavy atom. The van der Waals surface area contributed by atoms with E-state index in [9.17, 15) is 0 Å². The number of nitrogens with zero attached hydrogens (tertiary/aromatic N) is 1. The van der Waals surface area contributed by atoms with Gasteiger partial charge < -0.3 is 15.5 Å². The van der Waals surface area contributed by atoms with Crippen LogP contribution in [0, 0.1) is 0 Å². The summed E-state index contributed by atoms with van der Waals surface area (Å²) in [5.41, 5.74) is 14.6. The molecule has 0 aromatic heterocycles. The molecule has 3 nitrogen and oxygen atoms in total. The Morgan fingerprint density at radius 1 is 0.255 bits per heavy atom. The van der Waals surface area contributed by atoms with Crippen molar-refractivity contribution in [2.24, 2.45) is 0 Å². The topological polar surface area (TPSA) is 27.3 Å². The average molecular weight is 656 g/mol. The lowest BCUT2D eigenvalue weighted by atomic mass is 9.92. The van der Waals surface area contributed by atoms with Crippen molar-refractivity contribution >= 4 is 39.8 Å². The molecule has 0 heterocycles. The van der Waals surface area contributed by atoms with Crippen LogP contribution in [0.1, 0.15) is 0 Å².